The highest BCUT2D eigenvalue weighted by Crippen LogP contribution is 2.27. The number of amides is 2. The maximum Gasteiger partial charge on any atom is 0.322 e. The SMILES string of the molecule is CC1CN(Cc2ccc(Cl)c(Cl)c2)C(=O)C(C(=O)NCC(=O)O)=C1O. The Hall–Kier alpha value is -2.25. The summed E-state index contributed by atoms with van der Waals surface area (Å²) in [7, 11) is 0. The average Bonchev–Trinajstić information content (AvgIpc) is 2.54. The van der Waals surface area contributed by atoms with Crippen LogP contribution in [-0.2, 0) is 20.9 Å². The number of aliphatic carboxylic acids is 1. The van der Waals surface area contributed by atoms with Crippen LogP contribution in [0.2, 0.25) is 10.0 Å². The third-order valence-electron chi connectivity index (χ3n) is 3.70. The Morgan fingerprint density at radius 3 is 2.60 bits per heavy atom. The van der Waals surface area contributed by atoms with Crippen LogP contribution < -0.4 is 5.32 Å². The molecule has 1 aliphatic heterocycles. The molecule has 134 valence electrons. The van der Waals surface area contributed by atoms with E-state index >= 15 is 0 Å². The van der Waals surface area contributed by atoms with Crippen LogP contribution in [0.1, 0.15) is 12.5 Å². The summed E-state index contributed by atoms with van der Waals surface area (Å²) in [5, 5.41) is 21.5. The molecule has 2 amide bonds. The fraction of sp³-hybridized carbons (Fsp3) is 0.312. The summed E-state index contributed by atoms with van der Waals surface area (Å²) in [5.41, 5.74) is 0.265. The number of benzene rings is 1. The third-order valence-corrected chi connectivity index (χ3v) is 4.44. The lowest BCUT2D eigenvalue weighted by atomic mass is 9.97. The molecular weight excluding hydrogens is 371 g/mol. The lowest BCUT2D eigenvalue weighted by molar-refractivity contribution is -0.139. The van der Waals surface area contributed by atoms with Gasteiger partial charge in [0.15, 0.2) is 0 Å². The van der Waals surface area contributed by atoms with Crippen LogP contribution in [0.4, 0.5) is 0 Å². The fourth-order valence-electron chi connectivity index (χ4n) is 2.47. The number of carboxylic acid groups (broad SMARTS) is 1. The molecule has 1 heterocycles. The fourth-order valence-corrected chi connectivity index (χ4v) is 2.79. The number of halogens is 2. The first-order valence-corrected chi connectivity index (χ1v) is 8.12. The number of aliphatic hydroxyl groups excluding tert-OH is 1. The maximum absolute atomic E-state index is 12.6. The van der Waals surface area contributed by atoms with E-state index in [9.17, 15) is 19.5 Å². The molecule has 1 atom stereocenters. The van der Waals surface area contributed by atoms with Crippen LogP contribution in [0.5, 0.6) is 0 Å². The van der Waals surface area contributed by atoms with Crippen LogP contribution in [0.3, 0.4) is 0 Å². The van der Waals surface area contributed by atoms with E-state index in [0.29, 0.717) is 15.6 Å². The van der Waals surface area contributed by atoms with Gasteiger partial charge < -0.3 is 20.4 Å². The van der Waals surface area contributed by atoms with Crippen LogP contribution in [0.15, 0.2) is 29.5 Å². The Bertz CT molecular complexity index is 763. The topological polar surface area (TPSA) is 107 Å². The molecule has 0 fully saturated rings. The van der Waals surface area contributed by atoms with Gasteiger partial charge in [-0.25, -0.2) is 0 Å². The van der Waals surface area contributed by atoms with E-state index in [-0.39, 0.29) is 18.8 Å². The van der Waals surface area contributed by atoms with E-state index in [4.69, 9.17) is 28.3 Å². The summed E-state index contributed by atoms with van der Waals surface area (Å²) < 4.78 is 0. The molecule has 3 N–H and O–H groups in total. The van der Waals surface area contributed by atoms with Gasteiger partial charge in [0.1, 0.15) is 17.9 Å². The Labute approximate surface area is 153 Å². The van der Waals surface area contributed by atoms with Crippen molar-refractivity contribution in [3.8, 4) is 0 Å². The minimum Gasteiger partial charge on any atom is -0.511 e. The molecule has 1 unspecified atom stereocenters. The molecule has 0 aromatic heterocycles. The minimum absolute atomic E-state index is 0.170. The van der Waals surface area contributed by atoms with Crippen molar-refractivity contribution in [2.75, 3.05) is 13.1 Å². The number of aliphatic hydroxyl groups is 1. The van der Waals surface area contributed by atoms with E-state index in [2.05, 4.69) is 5.32 Å². The number of hydrogen-bond donors (Lipinski definition) is 3. The highest BCUT2D eigenvalue weighted by Gasteiger charge is 2.35. The van der Waals surface area contributed by atoms with Crippen molar-refractivity contribution >= 4 is 41.0 Å². The quantitative estimate of drug-likeness (QED) is 0.670. The molecule has 1 aromatic rings. The molecule has 9 heteroatoms. The zero-order chi connectivity index (χ0) is 18.7. The molecule has 0 saturated carbocycles. The van der Waals surface area contributed by atoms with Gasteiger partial charge in [-0.05, 0) is 17.7 Å². The molecule has 1 aromatic carbocycles. The van der Waals surface area contributed by atoms with Crippen LogP contribution in [0.25, 0.3) is 0 Å². The first-order chi connectivity index (χ1) is 11.7. The van der Waals surface area contributed by atoms with Gasteiger partial charge in [-0.15, -0.1) is 0 Å². The third kappa shape index (κ3) is 4.43. The van der Waals surface area contributed by atoms with E-state index in [1.54, 1.807) is 25.1 Å². The number of carbonyl (C=O) groups is 3. The van der Waals surface area contributed by atoms with Gasteiger partial charge >= 0.3 is 5.97 Å². The van der Waals surface area contributed by atoms with Crippen LogP contribution in [-0.4, -0.2) is 46.0 Å². The highest BCUT2D eigenvalue weighted by molar-refractivity contribution is 6.42. The van der Waals surface area contributed by atoms with Crippen molar-refractivity contribution in [3.63, 3.8) is 0 Å². The van der Waals surface area contributed by atoms with Gasteiger partial charge in [0.2, 0.25) is 0 Å². The summed E-state index contributed by atoms with van der Waals surface area (Å²) in [5.74, 6) is -3.66. The monoisotopic (exact) mass is 386 g/mol. The molecule has 0 bridgehead atoms. The Balaban J connectivity index is 2.22. The van der Waals surface area contributed by atoms with Crippen molar-refractivity contribution in [2.45, 2.75) is 13.5 Å². The molecule has 0 spiro atoms. The summed E-state index contributed by atoms with van der Waals surface area (Å²) in [6, 6.07) is 4.92. The van der Waals surface area contributed by atoms with Gasteiger partial charge in [0.05, 0.1) is 10.0 Å². The molecule has 2 rings (SSSR count). The predicted octanol–water partition coefficient (Wildman–Crippen LogP) is 1.98. The molecule has 0 aliphatic carbocycles. The van der Waals surface area contributed by atoms with Gasteiger partial charge in [0.25, 0.3) is 11.8 Å². The van der Waals surface area contributed by atoms with Gasteiger partial charge in [-0.3, -0.25) is 14.4 Å². The Morgan fingerprint density at radius 2 is 2.00 bits per heavy atom. The van der Waals surface area contributed by atoms with Crippen LogP contribution >= 0.6 is 23.2 Å². The van der Waals surface area contributed by atoms with Crippen molar-refractivity contribution in [2.24, 2.45) is 5.92 Å². The van der Waals surface area contributed by atoms with E-state index in [1.165, 1.54) is 4.90 Å². The number of nitrogens with zero attached hydrogens (tertiary/aromatic N) is 1. The Kier molecular flexibility index (Phi) is 5.92. The van der Waals surface area contributed by atoms with E-state index in [0.717, 1.165) is 0 Å². The van der Waals surface area contributed by atoms with Crippen molar-refractivity contribution in [3.05, 3.63) is 45.1 Å². The largest absolute Gasteiger partial charge is 0.511 e. The first-order valence-electron chi connectivity index (χ1n) is 7.37. The van der Waals surface area contributed by atoms with Gasteiger partial charge in [-0.1, -0.05) is 36.2 Å². The zero-order valence-corrected chi connectivity index (χ0v) is 14.8. The number of nitrogens with one attached hydrogen (secondary N) is 1. The normalized spacial score (nSPS) is 17.6. The van der Waals surface area contributed by atoms with E-state index < -0.39 is 35.8 Å². The molecule has 25 heavy (non-hydrogen) atoms. The second-order valence-electron chi connectivity index (χ2n) is 5.67. The number of hydrogen-bond acceptors (Lipinski definition) is 4. The van der Waals surface area contributed by atoms with Crippen LogP contribution in [0, 0.1) is 5.92 Å². The average molecular weight is 387 g/mol. The lowest BCUT2D eigenvalue weighted by Gasteiger charge is -2.32. The summed E-state index contributed by atoms with van der Waals surface area (Å²) in [4.78, 5) is 36.6. The van der Waals surface area contributed by atoms with Gasteiger partial charge in [0, 0.05) is 19.0 Å². The molecule has 7 nitrogen and oxygen atoms in total. The summed E-state index contributed by atoms with van der Waals surface area (Å²) >= 11 is 11.8. The molecule has 1 aliphatic rings. The summed E-state index contributed by atoms with van der Waals surface area (Å²) in [6.07, 6.45) is 0. The van der Waals surface area contributed by atoms with Crippen molar-refractivity contribution < 1.29 is 24.6 Å². The lowest BCUT2D eigenvalue weighted by Crippen LogP contribution is -2.45. The number of carbonyl (C=O) groups excluding carboxylic acids is 2. The molecular formula is C16H16Cl2N2O5. The van der Waals surface area contributed by atoms with E-state index in [1.807, 2.05) is 0 Å². The first kappa shape index (κ1) is 19.1. The summed E-state index contributed by atoms with van der Waals surface area (Å²) in [6.45, 7) is 1.39. The van der Waals surface area contributed by atoms with Crippen molar-refractivity contribution in [1.82, 2.24) is 10.2 Å². The zero-order valence-electron chi connectivity index (χ0n) is 13.3. The smallest absolute Gasteiger partial charge is 0.322 e. The minimum atomic E-state index is -1.25. The second kappa shape index (κ2) is 7.76. The Morgan fingerprint density at radius 1 is 1.32 bits per heavy atom. The maximum atomic E-state index is 12.6. The van der Waals surface area contributed by atoms with Gasteiger partial charge in [-0.2, -0.15) is 0 Å². The number of carboxylic acids is 1. The standard InChI is InChI=1S/C16H16Cl2N2O5/c1-8-6-20(7-9-2-3-10(17)11(18)4-9)16(25)13(14(8)23)15(24)19-5-12(21)22/h2-4,8,23H,5-7H2,1H3,(H,19,24)(H,21,22). The molecule has 0 radical (unpaired) electrons. The molecule has 0 saturated heterocycles. The van der Waals surface area contributed by atoms with Crippen molar-refractivity contribution in [1.29, 1.82) is 0 Å². The predicted molar refractivity (Wildman–Crippen MR) is 91.3 cm³/mol. The second-order valence-corrected chi connectivity index (χ2v) is 6.49. The number of rotatable bonds is 5. The highest BCUT2D eigenvalue weighted by atomic mass is 35.5.